The fourth-order valence-corrected chi connectivity index (χ4v) is 6.04. The lowest BCUT2D eigenvalue weighted by Crippen LogP contribution is -2.20. The Bertz CT molecular complexity index is 1710. The first-order valence-electron chi connectivity index (χ1n) is 10.2. The molecule has 0 saturated heterocycles. The van der Waals surface area contributed by atoms with Crippen LogP contribution in [0.15, 0.2) is 79.4 Å². The van der Waals surface area contributed by atoms with Crippen molar-refractivity contribution in [3.63, 3.8) is 0 Å². The van der Waals surface area contributed by atoms with E-state index in [4.69, 9.17) is 19.4 Å². The number of hydrogen-bond donors (Lipinski definition) is 0. The Hall–Kier alpha value is -2.76. The molecule has 7 nitrogen and oxygen atoms in total. The van der Waals surface area contributed by atoms with Gasteiger partial charge in [0.2, 0.25) is 5.82 Å². The third kappa shape index (κ3) is 4.85. The number of hydrogen-bond acceptors (Lipinski definition) is 6. The summed E-state index contributed by atoms with van der Waals surface area (Å²) < 4.78 is 15.4. The zero-order chi connectivity index (χ0) is 24.5. The topological polar surface area (TPSA) is 93.4 Å². The molecule has 35 heavy (non-hydrogen) atoms. The van der Waals surface area contributed by atoms with E-state index in [0.29, 0.717) is 33.8 Å². The lowest BCUT2D eigenvalue weighted by Gasteiger charge is -2.09. The summed E-state index contributed by atoms with van der Waals surface area (Å²) in [5.41, 5.74) is 1.70. The van der Waals surface area contributed by atoms with Gasteiger partial charge in [-0.2, -0.15) is 15.0 Å². The van der Waals surface area contributed by atoms with Crippen LogP contribution in [-0.2, 0) is 0 Å². The Balaban J connectivity index is 1.65. The summed E-state index contributed by atoms with van der Waals surface area (Å²) >= 11 is 7.78. The summed E-state index contributed by atoms with van der Waals surface area (Å²) in [7, 11) is 0. The number of rotatable bonds is 5. The molecule has 0 N–H and O–H groups in total. The quantitative estimate of drug-likeness (QED) is 0.150. The normalized spacial score (nSPS) is 11.4. The van der Waals surface area contributed by atoms with E-state index in [1.165, 1.54) is 4.68 Å². The van der Waals surface area contributed by atoms with Crippen LogP contribution in [0, 0.1) is 18.5 Å². The predicted octanol–water partition coefficient (Wildman–Crippen LogP) is 6.57. The van der Waals surface area contributed by atoms with Crippen molar-refractivity contribution >= 4 is 89.2 Å². The van der Waals surface area contributed by atoms with Gasteiger partial charge in [0.15, 0.2) is 12.4 Å². The number of ether oxygens (including phenoxy) is 1. The van der Waals surface area contributed by atoms with Crippen molar-refractivity contribution in [2.75, 3.05) is 6.61 Å². The number of nitriles is 1. The van der Waals surface area contributed by atoms with Crippen LogP contribution < -0.4 is 10.3 Å². The number of aromatic nitrogens is 2. The van der Waals surface area contributed by atoms with E-state index in [0.717, 1.165) is 22.6 Å². The summed E-state index contributed by atoms with van der Waals surface area (Å²) in [6.45, 7) is -0.0327. The minimum absolute atomic E-state index is 0.0327. The lowest BCUT2D eigenvalue weighted by molar-refractivity contribution is 0.363. The highest BCUT2D eigenvalue weighted by Crippen LogP contribution is 2.30. The second kappa shape index (κ2) is 10.1. The maximum absolute atomic E-state index is 13.4. The summed E-state index contributed by atoms with van der Waals surface area (Å²) in [5.74, 6) is 1.38. The van der Waals surface area contributed by atoms with Gasteiger partial charge >= 0.3 is 0 Å². The number of fused-ring (bicyclic) bond motifs is 2. The van der Waals surface area contributed by atoms with Crippen molar-refractivity contribution in [3.05, 3.63) is 88.2 Å². The molecule has 0 spiro atoms. The van der Waals surface area contributed by atoms with Crippen molar-refractivity contribution in [2.45, 2.75) is 0 Å². The number of benzene rings is 3. The van der Waals surface area contributed by atoms with Crippen LogP contribution in [0.3, 0.4) is 0 Å². The maximum atomic E-state index is 13.4. The van der Waals surface area contributed by atoms with Gasteiger partial charge in [-0.05, 0) is 99.3 Å². The van der Waals surface area contributed by atoms with E-state index < -0.39 is 0 Å². The number of para-hydroxylation sites is 1. The predicted molar refractivity (Wildman–Crippen MR) is 155 cm³/mol. The zero-order valence-corrected chi connectivity index (χ0v) is 23.6. The van der Waals surface area contributed by atoms with Crippen molar-refractivity contribution in [1.29, 1.82) is 5.26 Å². The van der Waals surface area contributed by atoms with E-state index in [-0.39, 0.29) is 12.2 Å². The van der Waals surface area contributed by atoms with E-state index in [2.05, 4.69) is 66.2 Å². The molecular weight excluding hydrogens is 738 g/mol. The Kier molecular flexibility index (Phi) is 6.90. The molecule has 5 rings (SSSR count). The Morgan fingerprint density at radius 2 is 1.91 bits per heavy atom. The van der Waals surface area contributed by atoms with Gasteiger partial charge in [0, 0.05) is 9.86 Å². The van der Waals surface area contributed by atoms with Crippen LogP contribution in [0.2, 0.25) is 0 Å². The highest BCUT2D eigenvalue weighted by Gasteiger charge is 2.17. The molecule has 0 aliphatic heterocycles. The van der Waals surface area contributed by atoms with Crippen LogP contribution in [-0.4, -0.2) is 22.5 Å². The lowest BCUT2D eigenvalue weighted by atomic mass is 10.2. The van der Waals surface area contributed by atoms with Crippen LogP contribution >= 0.6 is 61.1 Å². The van der Waals surface area contributed by atoms with Gasteiger partial charge in [0.1, 0.15) is 17.4 Å². The molecule has 0 radical (unpaired) electrons. The molecule has 0 aliphatic carbocycles. The van der Waals surface area contributed by atoms with Gasteiger partial charge in [-0.25, -0.2) is 4.98 Å². The van der Waals surface area contributed by atoms with Gasteiger partial charge in [0.25, 0.3) is 5.56 Å². The smallest absolute Gasteiger partial charge is 0.282 e. The van der Waals surface area contributed by atoms with Crippen molar-refractivity contribution in [2.24, 2.45) is 5.10 Å². The minimum atomic E-state index is -0.304. The molecule has 2 aromatic heterocycles. The molecule has 0 unspecified atom stereocenters. The van der Waals surface area contributed by atoms with Gasteiger partial charge in [-0.3, -0.25) is 4.79 Å². The van der Waals surface area contributed by atoms with Gasteiger partial charge in [-0.15, -0.1) is 0 Å². The highest BCUT2D eigenvalue weighted by atomic mass is 127. The summed E-state index contributed by atoms with van der Waals surface area (Å²) in [5, 5.41) is 14.7. The number of furan rings is 1. The molecule has 2 heterocycles. The average molecular weight is 751 g/mol. The molecule has 172 valence electrons. The Morgan fingerprint density at radius 1 is 1.14 bits per heavy atom. The average Bonchev–Trinajstić information content (AvgIpc) is 3.26. The zero-order valence-electron chi connectivity index (χ0n) is 17.7. The second-order valence-electron chi connectivity index (χ2n) is 7.37. The Labute approximate surface area is 234 Å². The molecule has 0 saturated carbocycles. The summed E-state index contributed by atoms with van der Waals surface area (Å²) in [6.07, 6.45) is 1.60. The third-order valence-corrected chi connectivity index (χ3v) is 7.17. The molecule has 10 heteroatoms. The maximum Gasteiger partial charge on any atom is 0.282 e. The molecule has 0 amide bonds. The molecule has 0 atom stereocenters. The minimum Gasteiger partial charge on any atom is -0.477 e. The third-order valence-electron chi connectivity index (χ3n) is 5.08. The fourth-order valence-electron chi connectivity index (χ4n) is 3.54. The SMILES string of the molecule is N#CCOc1c(I)cc(C=Nn2c(-c3cc4cc(Br)ccc4o3)nc3ccccc3c2=O)cc1I. The number of halogens is 3. The Morgan fingerprint density at radius 3 is 2.69 bits per heavy atom. The first kappa shape index (κ1) is 24.0. The fraction of sp³-hybridized carbons (Fsp3) is 0.0400. The second-order valence-corrected chi connectivity index (χ2v) is 10.6. The largest absolute Gasteiger partial charge is 0.477 e. The number of nitrogens with zero attached hydrogens (tertiary/aromatic N) is 4. The van der Waals surface area contributed by atoms with Crippen LogP contribution in [0.4, 0.5) is 0 Å². The van der Waals surface area contributed by atoms with Gasteiger partial charge in [-0.1, -0.05) is 28.1 Å². The van der Waals surface area contributed by atoms with Crippen molar-refractivity contribution in [1.82, 2.24) is 9.66 Å². The van der Waals surface area contributed by atoms with E-state index in [9.17, 15) is 4.79 Å². The van der Waals surface area contributed by atoms with Crippen LogP contribution in [0.25, 0.3) is 33.5 Å². The summed E-state index contributed by atoms with van der Waals surface area (Å²) in [6, 6.07) is 20.4. The van der Waals surface area contributed by atoms with Crippen LogP contribution in [0.1, 0.15) is 5.56 Å². The van der Waals surface area contributed by atoms with E-state index in [1.54, 1.807) is 24.4 Å². The van der Waals surface area contributed by atoms with Gasteiger partial charge in [0.05, 0.1) is 24.3 Å². The molecule has 0 bridgehead atoms. The first-order valence-corrected chi connectivity index (χ1v) is 13.1. The van der Waals surface area contributed by atoms with Gasteiger partial charge < -0.3 is 9.15 Å². The first-order chi connectivity index (χ1) is 16.9. The standard InChI is InChI=1S/C25H13BrI2N4O3/c26-16-5-6-21-15(11-16)12-22(35-21)24-31-20-4-2-1-3-17(20)25(33)32(24)30-13-14-9-18(27)23(19(28)10-14)34-8-7-29/h1-6,9-13H,8H2. The molecule has 0 fully saturated rings. The highest BCUT2D eigenvalue weighted by molar-refractivity contribution is 14.1. The molecule has 3 aromatic carbocycles. The molecule has 5 aromatic rings. The van der Waals surface area contributed by atoms with Crippen molar-refractivity contribution < 1.29 is 9.15 Å². The van der Waals surface area contributed by atoms with E-state index in [1.807, 2.05) is 48.5 Å². The molecule has 0 aliphatic rings. The van der Waals surface area contributed by atoms with Crippen LogP contribution in [0.5, 0.6) is 5.75 Å². The summed E-state index contributed by atoms with van der Waals surface area (Å²) in [4.78, 5) is 18.1. The van der Waals surface area contributed by atoms with E-state index >= 15 is 0 Å². The molecular formula is C25H13BrI2N4O3. The van der Waals surface area contributed by atoms with Crippen molar-refractivity contribution in [3.8, 4) is 23.4 Å². The monoisotopic (exact) mass is 750 g/mol.